The first-order chi connectivity index (χ1) is 16.2. The first-order valence-corrected chi connectivity index (χ1v) is 11.9. The topological polar surface area (TPSA) is 107 Å². The number of nitrogens with one attached hydrogen (secondary N) is 3. The van der Waals surface area contributed by atoms with Crippen LogP contribution >= 0.6 is 11.3 Å². The number of likely N-dealkylation sites (tertiary alicyclic amines) is 1. The van der Waals surface area contributed by atoms with E-state index in [9.17, 15) is 27.2 Å². The molecule has 3 heterocycles. The highest BCUT2D eigenvalue weighted by molar-refractivity contribution is 7.15. The van der Waals surface area contributed by atoms with E-state index in [0.717, 1.165) is 4.90 Å². The Morgan fingerprint density at radius 1 is 1.37 bits per heavy atom. The molecule has 2 atom stereocenters. The van der Waals surface area contributed by atoms with Crippen molar-refractivity contribution in [1.82, 2.24) is 25.8 Å². The van der Waals surface area contributed by atoms with Gasteiger partial charge in [0.1, 0.15) is 5.69 Å². The van der Waals surface area contributed by atoms with Crippen LogP contribution in [0.4, 0.5) is 17.6 Å². The van der Waals surface area contributed by atoms with Crippen molar-refractivity contribution in [3.63, 3.8) is 0 Å². The van der Waals surface area contributed by atoms with Gasteiger partial charge in [-0.2, -0.15) is 0 Å². The molecule has 1 aromatic heterocycles. The summed E-state index contributed by atoms with van der Waals surface area (Å²) in [6, 6.07) is -0.803. The summed E-state index contributed by atoms with van der Waals surface area (Å²) in [5.41, 5.74) is -1.18. The number of halogens is 4. The van der Waals surface area contributed by atoms with Crippen molar-refractivity contribution < 1.29 is 32.3 Å². The minimum atomic E-state index is -3.09. The Kier molecular flexibility index (Phi) is 7.92. The Bertz CT molecular complexity index is 1030. The van der Waals surface area contributed by atoms with Crippen molar-refractivity contribution in [2.45, 2.75) is 64.2 Å². The highest BCUT2D eigenvalue weighted by Crippen LogP contribution is 2.38. The van der Waals surface area contributed by atoms with E-state index in [4.69, 9.17) is 5.11 Å². The Hall–Kier alpha value is -2.51. The normalized spacial score (nSPS) is 22.1. The van der Waals surface area contributed by atoms with Gasteiger partial charge in [0.15, 0.2) is 5.01 Å². The Morgan fingerprint density at radius 3 is 2.60 bits per heavy atom. The van der Waals surface area contributed by atoms with E-state index in [0.29, 0.717) is 11.3 Å². The van der Waals surface area contributed by atoms with Gasteiger partial charge < -0.3 is 20.6 Å². The average molecular weight is 520 g/mol. The summed E-state index contributed by atoms with van der Waals surface area (Å²) in [5.74, 6) is -4.67. The molecule has 1 fully saturated rings. The maximum absolute atomic E-state index is 14.1. The molecular formula is C22H29F4N5O3S. The van der Waals surface area contributed by atoms with E-state index in [-0.39, 0.29) is 39.9 Å². The number of aliphatic hydroxyl groups is 1. The van der Waals surface area contributed by atoms with Crippen molar-refractivity contribution in [1.29, 1.82) is 0 Å². The van der Waals surface area contributed by atoms with Crippen LogP contribution in [0.2, 0.25) is 0 Å². The van der Waals surface area contributed by atoms with Gasteiger partial charge in [-0.3, -0.25) is 14.9 Å². The second kappa shape index (κ2) is 10.2. The Labute approximate surface area is 204 Å². The molecule has 0 bridgehead atoms. The third-order valence-corrected chi connectivity index (χ3v) is 6.43. The van der Waals surface area contributed by atoms with Gasteiger partial charge in [-0.1, -0.05) is 0 Å². The van der Waals surface area contributed by atoms with Crippen LogP contribution in [0.1, 0.15) is 59.3 Å². The molecule has 0 saturated carbocycles. The summed E-state index contributed by atoms with van der Waals surface area (Å²) in [7, 11) is 0. The minimum absolute atomic E-state index is 0.0279. The molecule has 13 heteroatoms. The van der Waals surface area contributed by atoms with Gasteiger partial charge in [-0.05, 0) is 33.8 Å². The highest BCUT2D eigenvalue weighted by Gasteiger charge is 2.46. The van der Waals surface area contributed by atoms with Gasteiger partial charge in [0.25, 0.3) is 24.2 Å². The molecule has 2 amide bonds. The number of allylic oxidation sites excluding steroid dienone is 2. The second-order valence-corrected chi connectivity index (χ2v) is 10.5. The molecule has 3 rings (SSSR count). The average Bonchev–Trinajstić information content (AvgIpc) is 3.30. The van der Waals surface area contributed by atoms with Crippen LogP contribution in [0, 0.1) is 0 Å². The van der Waals surface area contributed by atoms with Gasteiger partial charge in [0.05, 0.1) is 24.2 Å². The van der Waals surface area contributed by atoms with Crippen molar-refractivity contribution in [3.05, 3.63) is 33.4 Å². The second-order valence-electron chi connectivity index (χ2n) is 9.54. The Morgan fingerprint density at radius 2 is 2.06 bits per heavy atom. The number of aliphatic hydroxyl groups excluding tert-OH is 1. The molecule has 0 aliphatic carbocycles. The summed E-state index contributed by atoms with van der Waals surface area (Å²) in [4.78, 5) is 30.7. The highest BCUT2D eigenvalue weighted by atomic mass is 32.1. The van der Waals surface area contributed by atoms with Crippen molar-refractivity contribution in [2.24, 2.45) is 0 Å². The molecule has 0 aromatic carbocycles. The number of nitrogens with zero attached hydrogens (tertiary/aromatic N) is 2. The van der Waals surface area contributed by atoms with E-state index in [1.165, 1.54) is 19.2 Å². The lowest BCUT2D eigenvalue weighted by atomic mass is 9.99. The van der Waals surface area contributed by atoms with E-state index < -0.39 is 54.9 Å². The number of hydrogen-bond acceptors (Lipinski definition) is 7. The summed E-state index contributed by atoms with van der Waals surface area (Å²) >= 11 is 0.706. The third kappa shape index (κ3) is 6.39. The molecule has 4 N–H and O–H groups in total. The molecule has 0 radical (unpaired) electrons. The monoisotopic (exact) mass is 519 g/mol. The van der Waals surface area contributed by atoms with Gasteiger partial charge in [0.2, 0.25) is 0 Å². The zero-order valence-corrected chi connectivity index (χ0v) is 20.6. The standard InChI is InChI=1S/C22H29F4N5O3S/c1-11-8-22(25,26)10-31(11)20(34)15-16(35-19(29-15)18(33)27-5-6-32)13-9-28-14(30-21(2,3)4)7-12(13)17(23)24/h7,9,11,14,17,28,30,32H,5-6,8,10H2,1-4H3,(H,27,33). The van der Waals surface area contributed by atoms with Crippen molar-refractivity contribution in [3.8, 4) is 0 Å². The Balaban J connectivity index is 2.04. The largest absolute Gasteiger partial charge is 0.395 e. The predicted octanol–water partition coefficient (Wildman–Crippen LogP) is 2.58. The number of dihydropyridines is 1. The fourth-order valence-corrected chi connectivity index (χ4v) is 4.93. The van der Waals surface area contributed by atoms with Gasteiger partial charge in [-0.15, -0.1) is 11.3 Å². The fourth-order valence-electron chi connectivity index (χ4n) is 3.92. The molecule has 1 saturated heterocycles. The molecule has 2 aliphatic rings. The number of hydrogen-bond donors (Lipinski definition) is 4. The van der Waals surface area contributed by atoms with Gasteiger partial charge in [0, 0.05) is 41.9 Å². The van der Waals surface area contributed by atoms with Crippen LogP contribution in [0.3, 0.4) is 0 Å². The lowest BCUT2D eigenvalue weighted by Crippen LogP contribution is -2.49. The number of rotatable bonds is 7. The smallest absolute Gasteiger partial charge is 0.280 e. The fraction of sp³-hybridized carbons (Fsp3) is 0.591. The van der Waals surface area contributed by atoms with E-state index in [1.807, 2.05) is 20.8 Å². The lowest BCUT2D eigenvalue weighted by Gasteiger charge is -2.30. The molecule has 35 heavy (non-hydrogen) atoms. The first kappa shape index (κ1) is 27.1. The summed E-state index contributed by atoms with van der Waals surface area (Å²) < 4.78 is 56.1. The molecular weight excluding hydrogens is 490 g/mol. The summed E-state index contributed by atoms with van der Waals surface area (Å²) in [6.45, 7) is 5.82. The van der Waals surface area contributed by atoms with Crippen LogP contribution < -0.4 is 16.0 Å². The number of aromatic nitrogens is 1. The quantitative estimate of drug-likeness (QED) is 0.413. The number of carbonyl (C=O) groups excluding carboxylic acids is 2. The van der Waals surface area contributed by atoms with Gasteiger partial charge in [-0.25, -0.2) is 22.5 Å². The van der Waals surface area contributed by atoms with E-state index >= 15 is 0 Å². The van der Waals surface area contributed by atoms with Crippen LogP contribution in [0.15, 0.2) is 17.8 Å². The maximum Gasteiger partial charge on any atom is 0.280 e. The van der Waals surface area contributed by atoms with Crippen molar-refractivity contribution >= 4 is 28.7 Å². The van der Waals surface area contributed by atoms with E-state index in [2.05, 4.69) is 20.9 Å². The molecule has 2 unspecified atom stereocenters. The molecule has 0 spiro atoms. The zero-order chi connectivity index (χ0) is 26.1. The molecule has 1 aromatic rings. The number of amides is 2. The third-order valence-electron chi connectivity index (χ3n) is 5.34. The van der Waals surface area contributed by atoms with Crippen LogP contribution in [-0.4, -0.2) is 76.6 Å². The molecule has 8 nitrogen and oxygen atoms in total. The summed E-state index contributed by atoms with van der Waals surface area (Å²) in [6.07, 6.45) is -1.47. The lowest BCUT2D eigenvalue weighted by molar-refractivity contribution is 0.0117. The van der Waals surface area contributed by atoms with Crippen LogP contribution in [0.25, 0.3) is 5.57 Å². The number of alkyl halides is 4. The molecule has 194 valence electrons. The molecule has 2 aliphatic heterocycles. The summed E-state index contributed by atoms with van der Waals surface area (Å²) in [5, 5.41) is 17.2. The first-order valence-electron chi connectivity index (χ1n) is 11.1. The van der Waals surface area contributed by atoms with Gasteiger partial charge >= 0.3 is 0 Å². The minimum Gasteiger partial charge on any atom is -0.395 e. The SMILES string of the molecule is CC1CC(F)(F)CN1C(=O)c1nc(C(=O)NCCO)sc1C1=CNC(NC(C)(C)C)C=C1C(F)F. The van der Waals surface area contributed by atoms with Crippen molar-refractivity contribution in [2.75, 3.05) is 19.7 Å². The number of thiazole rings is 1. The van der Waals surface area contributed by atoms with E-state index in [1.54, 1.807) is 0 Å². The maximum atomic E-state index is 14.1. The predicted molar refractivity (Wildman–Crippen MR) is 123 cm³/mol. The van der Waals surface area contributed by atoms with Crippen LogP contribution in [-0.2, 0) is 0 Å². The zero-order valence-electron chi connectivity index (χ0n) is 19.8. The number of carbonyl (C=O) groups is 2. The van der Waals surface area contributed by atoms with Crippen LogP contribution in [0.5, 0.6) is 0 Å².